The molecular formula is C37H40N2O4. The van der Waals surface area contributed by atoms with Gasteiger partial charge in [0, 0.05) is 6.42 Å². The monoisotopic (exact) mass is 576 g/mol. The number of carbonyl (C=O) groups excluding carboxylic acids is 3. The lowest BCUT2D eigenvalue weighted by Gasteiger charge is -2.37. The first-order chi connectivity index (χ1) is 20.7. The second kappa shape index (κ2) is 14.5. The maximum absolute atomic E-state index is 14.0. The van der Waals surface area contributed by atoms with Gasteiger partial charge in [0.05, 0.1) is 12.5 Å². The Morgan fingerprint density at radius 1 is 0.674 bits per heavy atom. The van der Waals surface area contributed by atoms with Crippen LogP contribution in [0.15, 0.2) is 121 Å². The first-order valence-corrected chi connectivity index (χ1v) is 14.7. The Bertz CT molecular complexity index is 1370. The molecule has 2 amide bonds. The van der Waals surface area contributed by atoms with Gasteiger partial charge in [0.1, 0.15) is 11.1 Å². The third-order valence-electron chi connectivity index (χ3n) is 7.15. The van der Waals surface area contributed by atoms with Crippen LogP contribution in [0.3, 0.4) is 0 Å². The maximum atomic E-state index is 14.0. The SMILES string of the molecule is CC(C)(C)OC(=O)N[C@H](CC(=O)NC(c1ccccc1)(c1ccccc1)c1ccccc1)C(=O)CCCc1ccccc1. The molecule has 0 aromatic heterocycles. The van der Waals surface area contributed by atoms with Gasteiger partial charge in [-0.15, -0.1) is 0 Å². The lowest BCUT2D eigenvalue weighted by molar-refractivity contribution is -0.128. The van der Waals surface area contributed by atoms with Gasteiger partial charge in [-0.05, 0) is 55.9 Å². The number of hydrogen-bond donors (Lipinski definition) is 2. The third kappa shape index (κ3) is 8.65. The summed E-state index contributed by atoms with van der Waals surface area (Å²) >= 11 is 0. The van der Waals surface area contributed by atoms with Crippen LogP contribution in [0.4, 0.5) is 4.79 Å². The van der Waals surface area contributed by atoms with E-state index in [1.165, 1.54) is 0 Å². The number of ketones is 1. The number of hydrogen-bond acceptors (Lipinski definition) is 4. The summed E-state index contributed by atoms with van der Waals surface area (Å²) < 4.78 is 5.45. The van der Waals surface area contributed by atoms with Crippen molar-refractivity contribution in [3.8, 4) is 0 Å². The molecular weight excluding hydrogens is 536 g/mol. The molecule has 0 aliphatic rings. The van der Waals surface area contributed by atoms with Gasteiger partial charge in [0.2, 0.25) is 5.91 Å². The van der Waals surface area contributed by atoms with Crippen molar-refractivity contribution in [2.75, 3.05) is 0 Å². The molecule has 0 radical (unpaired) electrons. The number of rotatable bonds is 12. The number of nitrogens with one attached hydrogen (secondary N) is 2. The highest BCUT2D eigenvalue weighted by atomic mass is 16.6. The van der Waals surface area contributed by atoms with E-state index in [4.69, 9.17) is 4.74 Å². The van der Waals surface area contributed by atoms with Gasteiger partial charge in [-0.2, -0.15) is 0 Å². The molecule has 0 fully saturated rings. The van der Waals surface area contributed by atoms with E-state index in [1.54, 1.807) is 20.8 Å². The van der Waals surface area contributed by atoms with Crippen molar-refractivity contribution >= 4 is 17.8 Å². The number of ether oxygens (including phenoxy) is 1. The summed E-state index contributed by atoms with van der Waals surface area (Å²) in [7, 11) is 0. The molecule has 0 aliphatic heterocycles. The lowest BCUT2D eigenvalue weighted by Crippen LogP contribution is -2.51. The number of amides is 2. The van der Waals surface area contributed by atoms with Crippen molar-refractivity contribution in [2.24, 2.45) is 0 Å². The summed E-state index contributed by atoms with van der Waals surface area (Å²) in [6.07, 6.45) is 0.555. The maximum Gasteiger partial charge on any atom is 0.408 e. The number of Topliss-reactive ketones (excluding diaryl/α,β-unsaturated/α-hetero) is 1. The summed E-state index contributed by atoms with van der Waals surface area (Å²) in [5.74, 6) is -0.601. The minimum atomic E-state index is -1.05. The molecule has 1 atom stereocenters. The minimum absolute atomic E-state index is 0.212. The average molecular weight is 577 g/mol. The largest absolute Gasteiger partial charge is 0.444 e. The molecule has 0 unspecified atom stereocenters. The Morgan fingerprint density at radius 2 is 1.12 bits per heavy atom. The molecule has 43 heavy (non-hydrogen) atoms. The van der Waals surface area contributed by atoms with Crippen LogP contribution in [0.1, 0.15) is 62.3 Å². The van der Waals surface area contributed by atoms with Crippen molar-refractivity contribution in [1.82, 2.24) is 10.6 Å². The van der Waals surface area contributed by atoms with Gasteiger partial charge in [0.15, 0.2) is 5.78 Å². The van der Waals surface area contributed by atoms with Crippen LogP contribution in [0, 0.1) is 0 Å². The van der Waals surface area contributed by atoms with Crippen LogP contribution >= 0.6 is 0 Å². The van der Waals surface area contributed by atoms with E-state index < -0.39 is 23.3 Å². The van der Waals surface area contributed by atoms with E-state index in [0.717, 1.165) is 28.7 Å². The Labute approximate surface area is 254 Å². The highest BCUT2D eigenvalue weighted by Gasteiger charge is 2.39. The van der Waals surface area contributed by atoms with Crippen LogP contribution in [0.25, 0.3) is 0 Å². The highest BCUT2D eigenvalue weighted by molar-refractivity contribution is 5.92. The molecule has 0 saturated heterocycles. The quantitative estimate of drug-likeness (QED) is 0.178. The van der Waals surface area contributed by atoms with Crippen molar-refractivity contribution in [3.05, 3.63) is 144 Å². The third-order valence-corrected chi connectivity index (χ3v) is 7.15. The lowest BCUT2D eigenvalue weighted by atomic mass is 9.77. The van der Waals surface area contributed by atoms with Crippen LogP contribution in [0.5, 0.6) is 0 Å². The zero-order valence-corrected chi connectivity index (χ0v) is 25.1. The Balaban J connectivity index is 1.63. The first kappa shape index (κ1) is 31.2. The predicted octanol–water partition coefficient (Wildman–Crippen LogP) is 6.97. The van der Waals surface area contributed by atoms with Crippen molar-refractivity contribution in [2.45, 2.75) is 63.6 Å². The minimum Gasteiger partial charge on any atom is -0.444 e. The Kier molecular flexibility index (Phi) is 10.5. The number of carbonyl (C=O) groups is 3. The fourth-order valence-corrected chi connectivity index (χ4v) is 5.21. The van der Waals surface area contributed by atoms with E-state index >= 15 is 0 Å². The van der Waals surface area contributed by atoms with Crippen molar-refractivity contribution in [1.29, 1.82) is 0 Å². The fourth-order valence-electron chi connectivity index (χ4n) is 5.21. The molecule has 6 heteroatoms. The first-order valence-electron chi connectivity index (χ1n) is 14.7. The zero-order valence-electron chi connectivity index (χ0n) is 25.1. The molecule has 4 aromatic rings. The standard InChI is InChI=1S/C37H40N2O4/c1-36(2,3)43-35(42)38-32(33(40)26-16-19-28-17-8-4-9-18-28)27-34(41)39-37(29-20-10-5-11-21-29,30-22-12-6-13-23-30)31-24-14-7-15-25-31/h4-15,17-18,20-25,32H,16,19,26-27H2,1-3H3,(H,38,42)(H,39,41)/t32-/m1/s1. The second-order valence-electron chi connectivity index (χ2n) is 11.6. The van der Waals surface area contributed by atoms with Crippen molar-refractivity contribution in [3.63, 3.8) is 0 Å². The van der Waals surface area contributed by atoms with Gasteiger partial charge in [-0.1, -0.05) is 121 Å². The highest BCUT2D eigenvalue weighted by Crippen LogP contribution is 2.37. The van der Waals surface area contributed by atoms with Gasteiger partial charge >= 0.3 is 6.09 Å². The van der Waals surface area contributed by atoms with E-state index in [0.29, 0.717) is 6.42 Å². The van der Waals surface area contributed by atoms with Crippen LogP contribution in [-0.4, -0.2) is 29.4 Å². The molecule has 0 heterocycles. The van der Waals surface area contributed by atoms with Gasteiger partial charge < -0.3 is 15.4 Å². The summed E-state index contributed by atoms with van der Waals surface area (Å²) in [6, 6.07) is 38.1. The molecule has 2 N–H and O–H groups in total. The summed E-state index contributed by atoms with van der Waals surface area (Å²) in [6.45, 7) is 5.26. The number of aryl methyl sites for hydroxylation is 1. The van der Waals surface area contributed by atoms with Gasteiger partial charge in [-0.25, -0.2) is 4.79 Å². The number of alkyl carbamates (subject to hydrolysis) is 1. The summed E-state index contributed by atoms with van der Waals surface area (Å²) in [4.78, 5) is 40.3. The summed E-state index contributed by atoms with van der Waals surface area (Å²) in [5, 5.41) is 5.97. The molecule has 6 nitrogen and oxygen atoms in total. The molecule has 4 aromatic carbocycles. The Hall–Kier alpha value is -4.71. The van der Waals surface area contributed by atoms with Gasteiger partial charge in [0.25, 0.3) is 0 Å². The fraction of sp³-hybridized carbons (Fsp3) is 0.270. The average Bonchev–Trinajstić information content (AvgIpc) is 3.00. The van der Waals surface area contributed by atoms with E-state index in [9.17, 15) is 14.4 Å². The van der Waals surface area contributed by atoms with Gasteiger partial charge in [-0.3, -0.25) is 9.59 Å². The summed E-state index contributed by atoms with van der Waals surface area (Å²) in [5.41, 5.74) is 1.94. The molecule has 4 rings (SSSR count). The predicted molar refractivity (Wildman–Crippen MR) is 170 cm³/mol. The molecule has 0 saturated carbocycles. The van der Waals surface area contributed by atoms with E-state index in [1.807, 2.05) is 121 Å². The Morgan fingerprint density at radius 3 is 1.56 bits per heavy atom. The molecule has 0 spiro atoms. The van der Waals surface area contributed by atoms with E-state index in [-0.39, 0.29) is 24.5 Å². The normalized spacial score (nSPS) is 12.2. The number of benzene rings is 4. The van der Waals surface area contributed by atoms with Crippen molar-refractivity contribution < 1.29 is 19.1 Å². The van der Waals surface area contributed by atoms with Crippen LogP contribution in [-0.2, 0) is 26.3 Å². The topological polar surface area (TPSA) is 84.5 Å². The van der Waals surface area contributed by atoms with E-state index in [2.05, 4.69) is 10.6 Å². The molecule has 222 valence electrons. The second-order valence-corrected chi connectivity index (χ2v) is 11.6. The molecule has 0 bridgehead atoms. The van der Waals surface area contributed by atoms with Crippen LogP contribution in [0.2, 0.25) is 0 Å². The molecule has 0 aliphatic carbocycles. The van der Waals surface area contributed by atoms with Crippen LogP contribution < -0.4 is 10.6 Å². The zero-order chi connectivity index (χ0) is 30.7. The smallest absolute Gasteiger partial charge is 0.408 e.